The van der Waals surface area contributed by atoms with Gasteiger partial charge < -0.3 is 5.73 Å². The zero-order valence-corrected chi connectivity index (χ0v) is 8.41. The molecule has 0 aromatic carbocycles. The van der Waals surface area contributed by atoms with E-state index < -0.39 is 0 Å². The maximum Gasteiger partial charge on any atom is 0.162 e. The van der Waals surface area contributed by atoms with E-state index in [9.17, 15) is 0 Å². The second-order valence-corrected chi connectivity index (χ2v) is 3.41. The molecule has 0 atom stereocenters. The second kappa shape index (κ2) is 3.30. The lowest BCUT2D eigenvalue weighted by molar-refractivity contribution is 0.891. The minimum atomic E-state index is 0.494. The highest BCUT2D eigenvalue weighted by molar-refractivity contribution is 5.75. The maximum atomic E-state index is 5.54. The van der Waals surface area contributed by atoms with Crippen LogP contribution in [-0.4, -0.2) is 19.7 Å². The molecule has 3 heterocycles. The molecule has 5 heteroatoms. The van der Waals surface area contributed by atoms with Crippen molar-refractivity contribution in [1.29, 1.82) is 0 Å². The Bertz CT molecular complexity index is 626. The van der Waals surface area contributed by atoms with Gasteiger partial charge in [0.1, 0.15) is 5.82 Å². The van der Waals surface area contributed by atoms with Crippen LogP contribution in [-0.2, 0) is 0 Å². The van der Waals surface area contributed by atoms with E-state index in [-0.39, 0.29) is 0 Å². The average Bonchev–Trinajstić information content (AvgIpc) is 2.74. The Labute approximate surface area is 91.6 Å². The standard InChI is InChI=1S/C11H9N5/c12-10-4-3-9(7-14-10)16-11-8(6-15-16)2-1-5-13-11/h1-7H,(H2,12,14). The van der Waals surface area contributed by atoms with E-state index in [1.807, 2.05) is 18.2 Å². The zero-order chi connectivity index (χ0) is 11.0. The molecule has 0 saturated carbocycles. The Morgan fingerprint density at radius 1 is 1.06 bits per heavy atom. The Kier molecular flexibility index (Phi) is 1.83. The molecule has 2 N–H and O–H groups in total. The van der Waals surface area contributed by atoms with Gasteiger partial charge in [0, 0.05) is 11.6 Å². The van der Waals surface area contributed by atoms with Crippen LogP contribution in [0.15, 0.2) is 42.9 Å². The van der Waals surface area contributed by atoms with Crippen LogP contribution in [0.2, 0.25) is 0 Å². The number of hydrogen-bond acceptors (Lipinski definition) is 4. The number of aromatic nitrogens is 4. The summed E-state index contributed by atoms with van der Waals surface area (Å²) in [5, 5.41) is 5.27. The van der Waals surface area contributed by atoms with Crippen LogP contribution in [0.1, 0.15) is 0 Å². The van der Waals surface area contributed by atoms with E-state index in [1.165, 1.54) is 0 Å². The minimum Gasteiger partial charge on any atom is -0.384 e. The molecule has 0 fully saturated rings. The van der Waals surface area contributed by atoms with E-state index in [0.29, 0.717) is 5.82 Å². The van der Waals surface area contributed by atoms with Crippen molar-refractivity contribution >= 4 is 16.9 Å². The zero-order valence-electron chi connectivity index (χ0n) is 8.41. The van der Waals surface area contributed by atoms with Crippen molar-refractivity contribution in [3.63, 3.8) is 0 Å². The van der Waals surface area contributed by atoms with Gasteiger partial charge in [0.05, 0.1) is 18.1 Å². The van der Waals surface area contributed by atoms with Gasteiger partial charge in [-0.05, 0) is 24.3 Å². The summed E-state index contributed by atoms with van der Waals surface area (Å²) in [6.07, 6.45) is 5.19. The van der Waals surface area contributed by atoms with Gasteiger partial charge in [0.2, 0.25) is 0 Å². The summed E-state index contributed by atoms with van der Waals surface area (Å²) in [5.74, 6) is 0.494. The summed E-state index contributed by atoms with van der Waals surface area (Å²) in [4.78, 5) is 8.31. The first kappa shape index (κ1) is 8.84. The highest BCUT2D eigenvalue weighted by Crippen LogP contribution is 2.15. The third kappa shape index (κ3) is 1.30. The van der Waals surface area contributed by atoms with Gasteiger partial charge in [-0.1, -0.05) is 0 Å². The molecule has 3 aromatic rings. The molecular weight excluding hydrogens is 202 g/mol. The predicted octanol–water partition coefficient (Wildman–Crippen LogP) is 1.40. The topological polar surface area (TPSA) is 69.6 Å². The fourth-order valence-corrected chi connectivity index (χ4v) is 1.57. The molecule has 0 aliphatic carbocycles. The molecule has 3 aromatic heterocycles. The lowest BCUT2D eigenvalue weighted by Crippen LogP contribution is -1.99. The molecule has 0 unspecified atom stereocenters. The van der Waals surface area contributed by atoms with Gasteiger partial charge in [-0.25, -0.2) is 14.6 Å². The lowest BCUT2D eigenvalue weighted by atomic mass is 10.3. The minimum absolute atomic E-state index is 0.494. The van der Waals surface area contributed by atoms with E-state index in [4.69, 9.17) is 5.73 Å². The first-order chi connectivity index (χ1) is 7.84. The smallest absolute Gasteiger partial charge is 0.162 e. The second-order valence-electron chi connectivity index (χ2n) is 3.41. The molecule has 0 aliphatic rings. The van der Waals surface area contributed by atoms with Crippen molar-refractivity contribution in [3.05, 3.63) is 42.9 Å². The highest BCUT2D eigenvalue weighted by atomic mass is 15.3. The molecule has 3 rings (SSSR count). The Morgan fingerprint density at radius 3 is 2.81 bits per heavy atom. The van der Waals surface area contributed by atoms with Gasteiger partial charge >= 0.3 is 0 Å². The van der Waals surface area contributed by atoms with E-state index in [0.717, 1.165) is 16.7 Å². The Balaban J connectivity index is 2.22. The van der Waals surface area contributed by atoms with Crippen LogP contribution in [0.4, 0.5) is 5.82 Å². The fraction of sp³-hybridized carbons (Fsp3) is 0. The van der Waals surface area contributed by atoms with Crippen LogP contribution in [0.25, 0.3) is 16.7 Å². The fourth-order valence-electron chi connectivity index (χ4n) is 1.57. The van der Waals surface area contributed by atoms with Gasteiger partial charge in [-0.3, -0.25) is 0 Å². The highest BCUT2D eigenvalue weighted by Gasteiger charge is 2.04. The summed E-state index contributed by atoms with van der Waals surface area (Å²) >= 11 is 0. The number of hydrogen-bond donors (Lipinski definition) is 1. The third-order valence-corrected chi connectivity index (χ3v) is 2.35. The van der Waals surface area contributed by atoms with Crippen LogP contribution in [0, 0.1) is 0 Å². The van der Waals surface area contributed by atoms with Crippen LogP contribution >= 0.6 is 0 Å². The molecular formula is C11H9N5. The Hall–Kier alpha value is -2.43. The maximum absolute atomic E-state index is 5.54. The average molecular weight is 211 g/mol. The molecule has 0 spiro atoms. The summed E-state index contributed by atoms with van der Waals surface area (Å²) in [7, 11) is 0. The summed E-state index contributed by atoms with van der Waals surface area (Å²) < 4.78 is 1.74. The van der Waals surface area contributed by atoms with E-state index in [2.05, 4.69) is 15.1 Å². The van der Waals surface area contributed by atoms with Crippen LogP contribution in [0.5, 0.6) is 0 Å². The summed E-state index contributed by atoms with van der Waals surface area (Å²) in [5.41, 5.74) is 7.20. The largest absolute Gasteiger partial charge is 0.384 e. The number of rotatable bonds is 1. The first-order valence-electron chi connectivity index (χ1n) is 4.85. The number of nitrogens with two attached hydrogens (primary N) is 1. The van der Waals surface area contributed by atoms with Crippen molar-refractivity contribution in [3.8, 4) is 5.69 Å². The lowest BCUT2D eigenvalue weighted by Gasteiger charge is -2.01. The van der Waals surface area contributed by atoms with Crippen molar-refractivity contribution in [2.45, 2.75) is 0 Å². The van der Waals surface area contributed by atoms with Gasteiger partial charge in [-0.2, -0.15) is 5.10 Å². The van der Waals surface area contributed by atoms with Crippen LogP contribution < -0.4 is 5.73 Å². The van der Waals surface area contributed by atoms with Gasteiger partial charge in [-0.15, -0.1) is 0 Å². The van der Waals surface area contributed by atoms with E-state index in [1.54, 1.807) is 29.3 Å². The predicted molar refractivity (Wildman–Crippen MR) is 61.1 cm³/mol. The molecule has 0 bridgehead atoms. The Morgan fingerprint density at radius 2 is 2.00 bits per heavy atom. The van der Waals surface area contributed by atoms with Crippen molar-refractivity contribution in [1.82, 2.24) is 19.7 Å². The molecule has 16 heavy (non-hydrogen) atoms. The summed E-state index contributed by atoms with van der Waals surface area (Å²) in [6.45, 7) is 0. The molecule has 0 amide bonds. The normalized spacial score (nSPS) is 10.8. The monoisotopic (exact) mass is 211 g/mol. The number of anilines is 1. The van der Waals surface area contributed by atoms with Crippen molar-refractivity contribution < 1.29 is 0 Å². The quantitative estimate of drug-likeness (QED) is 0.660. The van der Waals surface area contributed by atoms with E-state index >= 15 is 0 Å². The van der Waals surface area contributed by atoms with Crippen LogP contribution in [0.3, 0.4) is 0 Å². The first-order valence-corrected chi connectivity index (χ1v) is 4.85. The number of nitrogen functional groups attached to an aromatic ring is 1. The van der Waals surface area contributed by atoms with Gasteiger partial charge in [0.25, 0.3) is 0 Å². The molecule has 0 radical (unpaired) electrons. The van der Waals surface area contributed by atoms with Crippen molar-refractivity contribution in [2.24, 2.45) is 0 Å². The number of fused-ring (bicyclic) bond motifs is 1. The molecule has 0 aliphatic heterocycles. The molecule has 78 valence electrons. The SMILES string of the molecule is Nc1ccc(-n2ncc3cccnc32)cn1. The third-order valence-electron chi connectivity index (χ3n) is 2.35. The molecule has 0 saturated heterocycles. The van der Waals surface area contributed by atoms with Crippen molar-refractivity contribution in [2.75, 3.05) is 5.73 Å². The number of pyridine rings is 2. The summed E-state index contributed by atoms with van der Waals surface area (Å²) in [6, 6.07) is 7.46. The molecule has 5 nitrogen and oxygen atoms in total. The number of nitrogens with zero attached hydrogens (tertiary/aromatic N) is 4. The van der Waals surface area contributed by atoms with Gasteiger partial charge in [0.15, 0.2) is 5.65 Å².